The first-order valence-electron chi connectivity index (χ1n) is 9.43. The van der Waals surface area contributed by atoms with Gasteiger partial charge in [-0.15, -0.1) is 6.58 Å². The van der Waals surface area contributed by atoms with E-state index in [4.69, 9.17) is 4.74 Å². The third-order valence-electron chi connectivity index (χ3n) is 4.37. The van der Waals surface area contributed by atoms with Gasteiger partial charge in [-0.2, -0.15) is 0 Å². The molecule has 1 saturated heterocycles. The molecule has 3 rings (SSSR count). The number of allylic oxidation sites excluding steroid dienone is 1. The first kappa shape index (κ1) is 20.7. The summed E-state index contributed by atoms with van der Waals surface area (Å²) < 4.78 is 5.28. The summed E-state index contributed by atoms with van der Waals surface area (Å²) in [4.78, 5) is 20.0. The van der Waals surface area contributed by atoms with E-state index in [1.165, 1.54) is 18.9 Å². The summed E-state index contributed by atoms with van der Waals surface area (Å²) in [5.74, 6) is 0.401. The topological polar surface area (TPSA) is 62.1 Å². The highest BCUT2D eigenvalue weighted by Gasteiger charge is 2.32. The number of thioether (sulfide) groups is 1. The molecule has 2 aromatic carbocycles. The van der Waals surface area contributed by atoms with Crippen LogP contribution in [-0.4, -0.2) is 34.7 Å². The molecule has 5 nitrogen and oxygen atoms in total. The molecule has 6 heteroatoms. The molecule has 0 radical (unpaired) electrons. The number of nitrogens with zero attached hydrogens (tertiary/aromatic N) is 2. The Balaban J connectivity index is 1.99. The molecule has 0 aromatic heterocycles. The molecule has 0 spiro atoms. The highest BCUT2D eigenvalue weighted by atomic mass is 32.2. The molecule has 0 atom stereocenters. The van der Waals surface area contributed by atoms with Gasteiger partial charge >= 0.3 is 0 Å². The second-order valence-electron chi connectivity index (χ2n) is 6.52. The number of carbonyl (C=O) groups is 1. The average Bonchev–Trinajstić information content (AvgIpc) is 3.00. The average molecular weight is 409 g/mol. The van der Waals surface area contributed by atoms with E-state index in [0.717, 1.165) is 17.7 Å². The molecule has 1 aliphatic heterocycles. The van der Waals surface area contributed by atoms with E-state index >= 15 is 0 Å². The molecule has 1 aliphatic rings. The fourth-order valence-corrected chi connectivity index (χ4v) is 4.04. The van der Waals surface area contributed by atoms with Crippen molar-refractivity contribution in [3.63, 3.8) is 0 Å². The van der Waals surface area contributed by atoms with Gasteiger partial charge in [0.2, 0.25) is 0 Å². The zero-order valence-electron chi connectivity index (χ0n) is 16.6. The number of phenols is 1. The zero-order chi connectivity index (χ0) is 20.8. The van der Waals surface area contributed by atoms with Crippen LogP contribution in [0.3, 0.4) is 0 Å². The van der Waals surface area contributed by atoms with Crippen molar-refractivity contribution in [3.8, 4) is 11.5 Å². The maximum absolute atomic E-state index is 13.0. The van der Waals surface area contributed by atoms with Crippen LogP contribution in [0.4, 0.5) is 5.69 Å². The van der Waals surface area contributed by atoms with Crippen molar-refractivity contribution < 1.29 is 14.6 Å². The van der Waals surface area contributed by atoms with Gasteiger partial charge in [-0.1, -0.05) is 31.2 Å². The van der Waals surface area contributed by atoms with E-state index in [1.54, 1.807) is 17.0 Å². The lowest BCUT2D eigenvalue weighted by molar-refractivity contribution is -0.122. The number of aliphatic imine (C=N–C) groups is 1. The van der Waals surface area contributed by atoms with Crippen LogP contribution in [-0.2, 0) is 11.2 Å². The fraction of sp³-hybridized carbons (Fsp3) is 0.217. The van der Waals surface area contributed by atoms with E-state index in [0.29, 0.717) is 34.4 Å². The fourth-order valence-electron chi connectivity index (χ4n) is 3.02. The minimum absolute atomic E-state index is 0.0659. The van der Waals surface area contributed by atoms with Crippen LogP contribution in [0.2, 0.25) is 0 Å². The van der Waals surface area contributed by atoms with Crippen molar-refractivity contribution in [2.24, 2.45) is 4.99 Å². The Morgan fingerprint density at radius 1 is 1.28 bits per heavy atom. The van der Waals surface area contributed by atoms with Crippen molar-refractivity contribution in [2.75, 3.05) is 13.7 Å². The quantitative estimate of drug-likeness (QED) is 0.509. The van der Waals surface area contributed by atoms with Crippen molar-refractivity contribution in [3.05, 3.63) is 71.2 Å². The minimum atomic E-state index is -0.0659. The van der Waals surface area contributed by atoms with Gasteiger partial charge in [0.15, 0.2) is 16.7 Å². The maximum Gasteiger partial charge on any atom is 0.266 e. The third-order valence-corrected chi connectivity index (χ3v) is 5.38. The van der Waals surface area contributed by atoms with Crippen LogP contribution >= 0.6 is 11.8 Å². The summed E-state index contributed by atoms with van der Waals surface area (Å²) in [6.45, 7) is 6.37. The number of rotatable bonds is 7. The summed E-state index contributed by atoms with van der Waals surface area (Å²) >= 11 is 1.36. The lowest BCUT2D eigenvalue weighted by Gasteiger charge is -2.13. The number of hydrogen-bond donors (Lipinski definition) is 1. The summed E-state index contributed by atoms with van der Waals surface area (Å²) in [7, 11) is 1.51. The molecule has 1 N–H and O–H groups in total. The number of ether oxygens (including phenoxy) is 1. The number of methoxy groups -OCH3 is 1. The van der Waals surface area contributed by atoms with Gasteiger partial charge < -0.3 is 9.84 Å². The molecule has 1 fully saturated rings. The normalized spacial score (nSPS) is 16.6. The highest BCUT2D eigenvalue weighted by molar-refractivity contribution is 8.18. The van der Waals surface area contributed by atoms with Crippen LogP contribution in [0.5, 0.6) is 11.5 Å². The van der Waals surface area contributed by atoms with Gasteiger partial charge in [-0.3, -0.25) is 9.69 Å². The lowest BCUT2D eigenvalue weighted by atomic mass is 10.1. The zero-order valence-corrected chi connectivity index (χ0v) is 17.4. The number of amidine groups is 1. The number of hydrogen-bond acceptors (Lipinski definition) is 5. The van der Waals surface area contributed by atoms with E-state index < -0.39 is 0 Å². The van der Waals surface area contributed by atoms with Crippen LogP contribution < -0.4 is 4.74 Å². The second kappa shape index (κ2) is 9.47. The largest absolute Gasteiger partial charge is 0.504 e. The summed E-state index contributed by atoms with van der Waals surface area (Å²) in [6, 6.07) is 13.2. The molecule has 0 saturated carbocycles. The number of phenolic OH excluding ortho intramolecular Hbond substituents is 1. The number of amides is 1. The molecule has 29 heavy (non-hydrogen) atoms. The van der Waals surface area contributed by atoms with Crippen molar-refractivity contribution >= 4 is 34.6 Å². The molecule has 150 valence electrons. The maximum atomic E-state index is 13.0. The smallest absolute Gasteiger partial charge is 0.266 e. The molecule has 0 bridgehead atoms. The second-order valence-corrected chi connectivity index (χ2v) is 7.53. The lowest BCUT2D eigenvalue weighted by Crippen LogP contribution is -2.29. The molecule has 1 heterocycles. The van der Waals surface area contributed by atoms with Gasteiger partial charge in [0, 0.05) is 12.1 Å². The van der Waals surface area contributed by atoms with Gasteiger partial charge in [-0.05, 0) is 60.5 Å². The van der Waals surface area contributed by atoms with Crippen LogP contribution in [0.15, 0.2) is 65.0 Å². The van der Waals surface area contributed by atoms with Gasteiger partial charge in [0.1, 0.15) is 0 Å². The number of carbonyl (C=O) groups excluding carboxylic acids is 1. The number of aromatic hydroxyl groups is 1. The summed E-state index contributed by atoms with van der Waals surface area (Å²) in [5.41, 5.74) is 2.29. The van der Waals surface area contributed by atoms with E-state index in [9.17, 15) is 9.90 Å². The molecule has 0 unspecified atom stereocenters. The summed E-state index contributed by atoms with van der Waals surface area (Å²) in [6.07, 6.45) is 4.87. The van der Waals surface area contributed by atoms with Crippen LogP contribution in [0.25, 0.3) is 6.08 Å². The monoisotopic (exact) mass is 408 g/mol. The predicted molar refractivity (Wildman–Crippen MR) is 120 cm³/mol. The Morgan fingerprint density at radius 3 is 2.69 bits per heavy atom. The van der Waals surface area contributed by atoms with Crippen LogP contribution in [0, 0.1) is 0 Å². The van der Waals surface area contributed by atoms with E-state index in [2.05, 4.69) is 11.6 Å². The Kier molecular flexibility index (Phi) is 6.77. The number of para-hydroxylation sites is 1. The number of benzene rings is 2. The first-order chi connectivity index (χ1) is 14.1. The summed E-state index contributed by atoms with van der Waals surface area (Å²) in [5, 5.41) is 11.0. The van der Waals surface area contributed by atoms with Gasteiger partial charge in [0.05, 0.1) is 17.7 Å². The van der Waals surface area contributed by atoms with Crippen molar-refractivity contribution in [2.45, 2.75) is 19.8 Å². The molecular weight excluding hydrogens is 384 g/mol. The van der Waals surface area contributed by atoms with Crippen LogP contribution in [0.1, 0.15) is 24.5 Å². The van der Waals surface area contributed by atoms with E-state index in [1.807, 2.05) is 49.4 Å². The molecule has 1 amide bonds. The first-order valence-corrected chi connectivity index (χ1v) is 10.2. The Labute approximate surface area is 175 Å². The van der Waals surface area contributed by atoms with Gasteiger partial charge in [-0.25, -0.2) is 4.99 Å². The Morgan fingerprint density at radius 2 is 2.03 bits per heavy atom. The standard InChI is InChI=1S/C23H24N2O3S/c1-4-9-17-13-16(14-19(28-3)21(17)26)15-20-22(27)25(12-5-2)23(29-20)24-18-10-7-6-8-11-18/h4,6-8,10-11,13-15,26H,1,5,9,12H2,2-3H3/b20-15+,24-23?. The molecular formula is C23H24N2O3S. The Bertz CT molecular complexity index is 968. The third kappa shape index (κ3) is 4.71. The SMILES string of the molecule is C=CCc1cc(/C=C2/SC(=Nc3ccccc3)N(CCC)C2=O)cc(OC)c1O. The Hall–Kier alpha value is -2.99. The molecule has 2 aromatic rings. The van der Waals surface area contributed by atoms with Gasteiger partial charge in [0.25, 0.3) is 5.91 Å². The van der Waals surface area contributed by atoms with Crippen molar-refractivity contribution in [1.29, 1.82) is 0 Å². The molecule has 0 aliphatic carbocycles. The predicted octanol–water partition coefficient (Wildman–Crippen LogP) is 5.14. The minimum Gasteiger partial charge on any atom is -0.504 e. The van der Waals surface area contributed by atoms with E-state index in [-0.39, 0.29) is 11.7 Å². The van der Waals surface area contributed by atoms with Crippen molar-refractivity contribution in [1.82, 2.24) is 4.90 Å². The highest BCUT2D eigenvalue weighted by Crippen LogP contribution is 2.37.